The molecule has 8 heteroatoms. The summed E-state index contributed by atoms with van der Waals surface area (Å²) in [6.45, 7) is 1.48. The normalized spacial score (nSPS) is 30.0. The maximum absolute atomic E-state index is 13.2. The second-order valence-corrected chi connectivity index (χ2v) is 8.02. The molecular weight excluding hydrogens is 336 g/mol. The first-order valence-corrected chi connectivity index (χ1v) is 9.67. The number of nitrogens with one attached hydrogen (secondary N) is 1. The third-order valence-corrected chi connectivity index (χ3v) is 6.47. The number of likely N-dealkylation sites (tertiary alicyclic amines) is 2. The SMILES string of the molecule is O=C(CN1C(=O)CNC1=O)N1CC[C@]2(CCCN(C3CCCC3)C2=O)C1. The number of urea groups is 1. The quantitative estimate of drug-likeness (QED) is 0.732. The molecular formula is C18H26N4O4. The predicted molar refractivity (Wildman–Crippen MR) is 91.9 cm³/mol. The van der Waals surface area contributed by atoms with Crippen molar-refractivity contribution in [1.29, 1.82) is 0 Å². The molecule has 0 aromatic rings. The second-order valence-electron chi connectivity index (χ2n) is 8.02. The van der Waals surface area contributed by atoms with E-state index >= 15 is 0 Å². The van der Waals surface area contributed by atoms with Gasteiger partial charge < -0.3 is 15.1 Å². The van der Waals surface area contributed by atoms with Gasteiger partial charge in [0, 0.05) is 25.7 Å². The van der Waals surface area contributed by atoms with Crippen molar-refractivity contribution in [2.75, 3.05) is 32.7 Å². The lowest BCUT2D eigenvalue weighted by Gasteiger charge is -2.42. The fraction of sp³-hybridized carbons (Fsp3) is 0.778. The van der Waals surface area contributed by atoms with Crippen LogP contribution >= 0.6 is 0 Å². The summed E-state index contributed by atoms with van der Waals surface area (Å²) in [5.74, 6) is -0.419. The number of nitrogens with zero attached hydrogens (tertiary/aromatic N) is 3. The van der Waals surface area contributed by atoms with Crippen LogP contribution < -0.4 is 5.32 Å². The minimum Gasteiger partial charge on any atom is -0.340 e. The van der Waals surface area contributed by atoms with Crippen LogP contribution in [-0.4, -0.2) is 77.2 Å². The molecule has 4 rings (SSSR count). The van der Waals surface area contributed by atoms with E-state index in [1.807, 2.05) is 0 Å². The molecule has 4 aliphatic rings. The van der Waals surface area contributed by atoms with Crippen LogP contribution in [0, 0.1) is 5.41 Å². The molecule has 3 heterocycles. The molecule has 5 amide bonds. The van der Waals surface area contributed by atoms with Gasteiger partial charge in [-0.3, -0.25) is 19.3 Å². The van der Waals surface area contributed by atoms with E-state index in [9.17, 15) is 19.2 Å². The number of hydrogen-bond acceptors (Lipinski definition) is 4. The van der Waals surface area contributed by atoms with Crippen molar-refractivity contribution in [1.82, 2.24) is 20.0 Å². The molecule has 0 aromatic carbocycles. The maximum atomic E-state index is 13.2. The van der Waals surface area contributed by atoms with Crippen LogP contribution in [0.4, 0.5) is 4.79 Å². The first-order chi connectivity index (χ1) is 12.5. The van der Waals surface area contributed by atoms with Gasteiger partial charge in [-0.05, 0) is 32.1 Å². The first-order valence-electron chi connectivity index (χ1n) is 9.67. The van der Waals surface area contributed by atoms with E-state index < -0.39 is 11.4 Å². The summed E-state index contributed by atoms with van der Waals surface area (Å²) in [6.07, 6.45) is 7.06. The highest BCUT2D eigenvalue weighted by atomic mass is 16.2. The topological polar surface area (TPSA) is 90.0 Å². The van der Waals surface area contributed by atoms with E-state index in [2.05, 4.69) is 10.2 Å². The number of rotatable bonds is 3. The number of carbonyl (C=O) groups is 4. The zero-order valence-corrected chi connectivity index (χ0v) is 15.0. The second kappa shape index (κ2) is 6.55. The largest absolute Gasteiger partial charge is 0.340 e. The van der Waals surface area contributed by atoms with Crippen molar-refractivity contribution in [2.45, 2.75) is 51.0 Å². The number of amides is 5. The molecule has 4 fully saturated rings. The van der Waals surface area contributed by atoms with E-state index in [1.54, 1.807) is 4.90 Å². The molecule has 3 saturated heterocycles. The monoisotopic (exact) mass is 362 g/mol. The molecule has 142 valence electrons. The van der Waals surface area contributed by atoms with Crippen LogP contribution in [0.1, 0.15) is 44.9 Å². The van der Waals surface area contributed by atoms with Gasteiger partial charge >= 0.3 is 6.03 Å². The first kappa shape index (κ1) is 17.3. The third-order valence-electron chi connectivity index (χ3n) is 6.47. The smallest absolute Gasteiger partial charge is 0.325 e. The van der Waals surface area contributed by atoms with Gasteiger partial charge in [0.05, 0.1) is 12.0 Å². The van der Waals surface area contributed by atoms with Gasteiger partial charge in [0.2, 0.25) is 11.8 Å². The van der Waals surface area contributed by atoms with E-state index in [0.29, 0.717) is 25.6 Å². The van der Waals surface area contributed by atoms with Gasteiger partial charge in [-0.2, -0.15) is 0 Å². The van der Waals surface area contributed by atoms with Gasteiger partial charge in [-0.15, -0.1) is 0 Å². The van der Waals surface area contributed by atoms with Gasteiger partial charge in [0.25, 0.3) is 5.91 Å². The average molecular weight is 362 g/mol. The van der Waals surface area contributed by atoms with Gasteiger partial charge in [-0.1, -0.05) is 12.8 Å². The molecule has 26 heavy (non-hydrogen) atoms. The van der Waals surface area contributed by atoms with Gasteiger partial charge in [-0.25, -0.2) is 4.79 Å². The maximum Gasteiger partial charge on any atom is 0.325 e. The summed E-state index contributed by atoms with van der Waals surface area (Å²) in [6, 6.07) is -0.145. The van der Waals surface area contributed by atoms with Crippen molar-refractivity contribution in [2.24, 2.45) is 5.41 Å². The Kier molecular flexibility index (Phi) is 4.36. The summed E-state index contributed by atoms with van der Waals surface area (Å²) in [5, 5.41) is 2.42. The van der Waals surface area contributed by atoms with Crippen LogP contribution in [-0.2, 0) is 14.4 Å². The lowest BCUT2D eigenvalue weighted by atomic mass is 9.77. The van der Waals surface area contributed by atoms with E-state index in [1.165, 1.54) is 12.8 Å². The molecule has 0 bridgehead atoms. The summed E-state index contributed by atoms with van der Waals surface area (Å²) >= 11 is 0. The Morgan fingerprint density at radius 1 is 1.08 bits per heavy atom. The Morgan fingerprint density at radius 3 is 2.54 bits per heavy atom. The molecule has 0 aromatic heterocycles. The Bertz CT molecular complexity index is 629. The van der Waals surface area contributed by atoms with Crippen molar-refractivity contribution in [3.8, 4) is 0 Å². The fourth-order valence-corrected chi connectivity index (χ4v) is 4.98. The van der Waals surface area contributed by atoms with Crippen LogP contribution in [0.25, 0.3) is 0 Å². The van der Waals surface area contributed by atoms with E-state index in [4.69, 9.17) is 0 Å². The Labute approximate surface area is 152 Å². The Balaban J connectivity index is 1.41. The van der Waals surface area contributed by atoms with E-state index in [-0.39, 0.29) is 30.8 Å². The number of hydrogen-bond donors (Lipinski definition) is 1. The summed E-state index contributed by atoms with van der Waals surface area (Å²) in [4.78, 5) is 53.8. The standard InChI is InChI=1S/C18H26N4O4/c23-14-10-19-17(26)22(14)11-15(24)20-9-7-18(12-20)6-3-8-21(16(18)25)13-4-1-2-5-13/h13H,1-12H2,(H,19,26)/t18-/m1/s1. The summed E-state index contributed by atoms with van der Waals surface area (Å²) < 4.78 is 0. The molecule has 1 spiro atoms. The highest BCUT2D eigenvalue weighted by molar-refractivity contribution is 6.04. The lowest BCUT2D eigenvalue weighted by Crippen LogP contribution is -2.53. The molecule has 1 atom stereocenters. The van der Waals surface area contributed by atoms with Gasteiger partial charge in [0.1, 0.15) is 6.54 Å². The van der Waals surface area contributed by atoms with Crippen LogP contribution in [0.3, 0.4) is 0 Å². The van der Waals surface area contributed by atoms with E-state index in [0.717, 1.165) is 37.1 Å². The van der Waals surface area contributed by atoms with Gasteiger partial charge in [0.15, 0.2) is 0 Å². The molecule has 8 nitrogen and oxygen atoms in total. The van der Waals surface area contributed by atoms with Crippen LogP contribution in [0.2, 0.25) is 0 Å². The van der Waals surface area contributed by atoms with Crippen molar-refractivity contribution < 1.29 is 19.2 Å². The van der Waals surface area contributed by atoms with Crippen LogP contribution in [0.15, 0.2) is 0 Å². The fourth-order valence-electron chi connectivity index (χ4n) is 4.98. The third kappa shape index (κ3) is 2.85. The zero-order chi connectivity index (χ0) is 18.3. The molecule has 0 unspecified atom stereocenters. The predicted octanol–water partition coefficient (Wildman–Crippen LogP) is 0.322. The minimum atomic E-state index is -0.515. The van der Waals surface area contributed by atoms with Crippen molar-refractivity contribution in [3.05, 3.63) is 0 Å². The van der Waals surface area contributed by atoms with Crippen molar-refractivity contribution in [3.63, 3.8) is 0 Å². The summed E-state index contributed by atoms with van der Waals surface area (Å²) in [5.41, 5.74) is -0.465. The molecule has 1 aliphatic carbocycles. The molecule has 1 saturated carbocycles. The van der Waals surface area contributed by atoms with Crippen LogP contribution in [0.5, 0.6) is 0 Å². The lowest BCUT2D eigenvalue weighted by molar-refractivity contribution is -0.149. The molecule has 3 aliphatic heterocycles. The average Bonchev–Trinajstić information content (AvgIpc) is 3.35. The number of imide groups is 1. The summed E-state index contributed by atoms with van der Waals surface area (Å²) in [7, 11) is 0. The van der Waals surface area contributed by atoms with Crippen molar-refractivity contribution >= 4 is 23.8 Å². The number of carbonyl (C=O) groups excluding carboxylic acids is 4. The number of piperidine rings is 1. The minimum absolute atomic E-state index is 0.0507. The Morgan fingerprint density at radius 2 is 1.85 bits per heavy atom. The Hall–Kier alpha value is -2.12. The molecule has 0 radical (unpaired) electrons. The highest BCUT2D eigenvalue weighted by Crippen LogP contribution is 2.42. The highest BCUT2D eigenvalue weighted by Gasteiger charge is 2.51. The molecule has 1 N–H and O–H groups in total. The zero-order valence-electron chi connectivity index (χ0n) is 15.0.